The number of para-hydroxylation sites is 1. The van der Waals surface area contributed by atoms with Crippen molar-refractivity contribution in [3.05, 3.63) is 29.8 Å². The first-order valence-electron chi connectivity index (χ1n) is 5.55. The lowest BCUT2D eigenvalue weighted by Crippen LogP contribution is -2.06. The fourth-order valence-electron chi connectivity index (χ4n) is 1.38. The fourth-order valence-corrected chi connectivity index (χ4v) is 1.38. The van der Waals surface area contributed by atoms with Crippen LogP contribution in [0, 0.1) is 5.92 Å². The predicted molar refractivity (Wildman–Crippen MR) is 62.2 cm³/mol. The summed E-state index contributed by atoms with van der Waals surface area (Å²) in [5.41, 5.74) is 1.19. The molecule has 0 atom stereocenters. The molecule has 1 N–H and O–H groups in total. The topological polar surface area (TPSA) is 29.5 Å². The Hall–Kier alpha value is -1.02. The first kappa shape index (κ1) is 12.1. The van der Waals surface area contributed by atoms with E-state index < -0.39 is 0 Å². The number of rotatable bonds is 6. The molecule has 0 aliphatic rings. The van der Waals surface area contributed by atoms with Gasteiger partial charge in [0.15, 0.2) is 0 Å². The first-order valence-corrected chi connectivity index (χ1v) is 5.55. The second kappa shape index (κ2) is 6.46. The Balaban J connectivity index is 2.59. The monoisotopic (exact) mass is 208 g/mol. The molecule has 2 heteroatoms. The van der Waals surface area contributed by atoms with Gasteiger partial charge in [0.1, 0.15) is 5.75 Å². The normalized spacial score (nSPS) is 10.7. The van der Waals surface area contributed by atoms with Crippen molar-refractivity contribution >= 4 is 0 Å². The maximum absolute atomic E-state index is 8.80. The Kier molecular flexibility index (Phi) is 5.19. The zero-order chi connectivity index (χ0) is 11.1. The molecule has 0 aromatic heterocycles. The van der Waals surface area contributed by atoms with Crippen molar-refractivity contribution < 1.29 is 9.84 Å². The lowest BCUT2D eigenvalue weighted by Gasteiger charge is -2.12. The number of aryl methyl sites for hydroxylation is 1. The van der Waals surface area contributed by atoms with E-state index in [1.165, 1.54) is 5.56 Å². The molecule has 0 aliphatic carbocycles. The molecule has 0 unspecified atom stereocenters. The number of hydrogen-bond acceptors (Lipinski definition) is 2. The highest BCUT2D eigenvalue weighted by Gasteiger charge is 2.03. The summed E-state index contributed by atoms with van der Waals surface area (Å²) in [6, 6.07) is 8.05. The SMILES string of the molecule is CC(C)COc1ccccc1CCCO. The van der Waals surface area contributed by atoms with E-state index in [-0.39, 0.29) is 6.61 Å². The summed E-state index contributed by atoms with van der Waals surface area (Å²) in [5, 5.41) is 8.80. The van der Waals surface area contributed by atoms with E-state index in [0.29, 0.717) is 5.92 Å². The molecular formula is C13H20O2. The number of hydrogen-bond donors (Lipinski definition) is 1. The molecule has 2 nitrogen and oxygen atoms in total. The summed E-state index contributed by atoms with van der Waals surface area (Å²) in [5.74, 6) is 1.50. The number of aliphatic hydroxyl groups excluding tert-OH is 1. The molecule has 0 fully saturated rings. The molecule has 0 radical (unpaired) electrons. The van der Waals surface area contributed by atoms with Crippen LogP contribution in [-0.4, -0.2) is 18.3 Å². The Morgan fingerprint density at radius 2 is 2.00 bits per heavy atom. The minimum atomic E-state index is 0.235. The van der Waals surface area contributed by atoms with Crippen molar-refractivity contribution in [2.75, 3.05) is 13.2 Å². The van der Waals surface area contributed by atoms with Gasteiger partial charge in [-0.15, -0.1) is 0 Å². The van der Waals surface area contributed by atoms with Gasteiger partial charge in [-0.3, -0.25) is 0 Å². The quantitative estimate of drug-likeness (QED) is 0.778. The first-order chi connectivity index (χ1) is 7.24. The van der Waals surface area contributed by atoms with E-state index in [1.54, 1.807) is 0 Å². The Labute approximate surface area is 91.9 Å². The van der Waals surface area contributed by atoms with Crippen molar-refractivity contribution in [3.8, 4) is 5.75 Å². The minimum Gasteiger partial charge on any atom is -0.493 e. The van der Waals surface area contributed by atoms with Crippen molar-refractivity contribution in [1.29, 1.82) is 0 Å². The average molecular weight is 208 g/mol. The third kappa shape index (κ3) is 4.34. The van der Waals surface area contributed by atoms with Gasteiger partial charge in [-0.25, -0.2) is 0 Å². The van der Waals surface area contributed by atoms with Gasteiger partial charge in [-0.2, -0.15) is 0 Å². The highest BCUT2D eigenvalue weighted by Crippen LogP contribution is 2.20. The summed E-state index contributed by atoms with van der Waals surface area (Å²) in [6.45, 7) is 5.25. The molecule has 84 valence electrons. The van der Waals surface area contributed by atoms with Gasteiger partial charge in [0.05, 0.1) is 6.61 Å². The van der Waals surface area contributed by atoms with Gasteiger partial charge in [-0.05, 0) is 30.4 Å². The van der Waals surface area contributed by atoms with E-state index in [2.05, 4.69) is 19.9 Å². The van der Waals surface area contributed by atoms with Gasteiger partial charge in [0, 0.05) is 6.61 Å². The fraction of sp³-hybridized carbons (Fsp3) is 0.538. The van der Waals surface area contributed by atoms with Crippen LogP contribution < -0.4 is 4.74 Å². The zero-order valence-corrected chi connectivity index (χ0v) is 9.57. The molecule has 0 bridgehead atoms. The third-order valence-electron chi connectivity index (χ3n) is 2.15. The molecule has 0 aliphatic heterocycles. The molecule has 15 heavy (non-hydrogen) atoms. The van der Waals surface area contributed by atoms with E-state index in [1.807, 2.05) is 18.2 Å². The van der Waals surface area contributed by atoms with Crippen molar-refractivity contribution in [2.45, 2.75) is 26.7 Å². The molecule has 1 aromatic rings. The number of benzene rings is 1. The summed E-state index contributed by atoms with van der Waals surface area (Å²) in [4.78, 5) is 0. The molecule has 1 rings (SSSR count). The molecule has 0 amide bonds. The minimum absolute atomic E-state index is 0.235. The lowest BCUT2D eigenvalue weighted by molar-refractivity contribution is 0.265. The van der Waals surface area contributed by atoms with Gasteiger partial charge in [0.2, 0.25) is 0 Å². The Morgan fingerprint density at radius 3 is 2.67 bits per heavy atom. The van der Waals surface area contributed by atoms with Crippen LogP contribution in [0.4, 0.5) is 0 Å². The van der Waals surface area contributed by atoms with Gasteiger partial charge >= 0.3 is 0 Å². The third-order valence-corrected chi connectivity index (χ3v) is 2.15. The highest BCUT2D eigenvalue weighted by molar-refractivity contribution is 5.33. The largest absolute Gasteiger partial charge is 0.493 e. The van der Waals surface area contributed by atoms with Gasteiger partial charge < -0.3 is 9.84 Å². The second-order valence-electron chi connectivity index (χ2n) is 4.14. The number of ether oxygens (including phenoxy) is 1. The predicted octanol–water partition coefficient (Wildman–Crippen LogP) is 2.65. The van der Waals surface area contributed by atoms with Crippen LogP contribution in [-0.2, 0) is 6.42 Å². The molecule has 0 saturated heterocycles. The lowest BCUT2D eigenvalue weighted by atomic mass is 10.1. The summed E-state index contributed by atoms with van der Waals surface area (Å²) >= 11 is 0. The molecular weight excluding hydrogens is 188 g/mol. The van der Waals surface area contributed by atoms with Crippen LogP contribution in [0.15, 0.2) is 24.3 Å². The van der Waals surface area contributed by atoms with E-state index >= 15 is 0 Å². The van der Waals surface area contributed by atoms with Crippen LogP contribution in [0.25, 0.3) is 0 Å². The average Bonchev–Trinajstić information content (AvgIpc) is 2.24. The van der Waals surface area contributed by atoms with Crippen molar-refractivity contribution in [2.24, 2.45) is 5.92 Å². The van der Waals surface area contributed by atoms with Crippen LogP contribution in [0.1, 0.15) is 25.8 Å². The second-order valence-corrected chi connectivity index (χ2v) is 4.14. The smallest absolute Gasteiger partial charge is 0.122 e. The van der Waals surface area contributed by atoms with Gasteiger partial charge in [-0.1, -0.05) is 32.0 Å². The Morgan fingerprint density at radius 1 is 1.27 bits per heavy atom. The van der Waals surface area contributed by atoms with E-state index in [9.17, 15) is 0 Å². The maximum Gasteiger partial charge on any atom is 0.122 e. The van der Waals surface area contributed by atoms with E-state index in [4.69, 9.17) is 9.84 Å². The maximum atomic E-state index is 8.80. The van der Waals surface area contributed by atoms with Gasteiger partial charge in [0.25, 0.3) is 0 Å². The van der Waals surface area contributed by atoms with Crippen LogP contribution in [0.5, 0.6) is 5.75 Å². The van der Waals surface area contributed by atoms with E-state index in [0.717, 1.165) is 25.2 Å². The molecule has 1 aromatic carbocycles. The Bertz CT molecular complexity index is 282. The van der Waals surface area contributed by atoms with Crippen LogP contribution >= 0.6 is 0 Å². The number of aliphatic hydroxyl groups is 1. The summed E-state index contributed by atoms with van der Waals surface area (Å²) < 4.78 is 5.71. The van der Waals surface area contributed by atoms with Crippen molar-refractivity contribution in [1.82, 2.24) is 0 Å². The molecule has 0 heterocycles. The van der Waals surface area contributed by atoms with Crippen LogP contribution in [0.3, 0.4) is 0 Å². The molecule has 0 saturated carbocycles. The van der Waals surface area contributed by atoms with Crippen LogP contribution in [0.2, 0.25) is 0 Å². The summed E-state index contributed by atoms with van der Waals surface area (Å²) in [6.07, 6.45) is 1.67. The molecule has 0 spiro atoms. The highest BCUT2D eigenvalue weighted by atomic mass is 16.5. The van der Waals surface area contributed by atoms with Crippen molar-refractivity contribution in [3.63, 3.8) is 0 Å². The zero-order valence-electron chi connectivity index (χ0n) is 9.57. The summed E-state index contributed by atoms with van der Waals surface area (Å²) in [7, 11) is 0. The standard InChI is InChI=1S/C13H20O2/c1-11(2)10-15-13-8-4-3-6-12(13)7-5-9-14/h3-4,6,8,11,14H,5,7,9-10H2,1-2H3.